The lowest BCUT2D eigenvalue weighted by Gasteiger charge is -2.17. The summed E-state index contributed by atoms with van der Waals surface area (Å²) in [6, 6.07) is 12.8. The summed E-state index contributed by atoms with van der Waals surface area (Å²) in [6.45, 7) is 1.77. The molecule has 3 amide bonds. The number of imide groups is 1. The van der Waals surface area contributed by atoms with E-state index in [9.17, 15) is 14.4 Å². The zero-order valence-corrected chi connectivity index (χ0v) is 16.0. The van der Waals surface area contributed by atoms with Gasteiger partial charge in [-0.25, -0.2) is 9.88 Å². The number of benzene rings is 2. The number of nitrogen functional groups attached to an aromatic ring is 1. The van der Waals surface area contributed by atoms with Gasteiger partial charge in [-0.3, -0.25) is 14.4 Å². The number of aryl methyl sites for hydroxylation is 1. The minimum absolute atomic E-state index is 0.0866. The minimum atomic E-state index is -0.497. The lowest BCUT2D eigenvalue weighted by molar-refractivity contribution is 0.0924. The Kier molecular flexibility index (Phi) is 4.52. The molecule has 29 heavy (non-hydrogen) atoms. The van der Waals surface area contributed by atoms with E-state index in [-0.39, 0.29) is 22.1 Å². The monoisotopic (exact) mass is 406 g/mol. The van der Waals surface area contributed by atoms with E-state index in [2.05, 4.69) is 10.3 Å². The van der Waals surface area contributed by atoms with Gasteiger partial charge in [0, 0.05) is 11.9 Å². The first-order chi connectivity index (χ1) is 13.9. The summed E-state index contributed by atoms with van der Waals surface area (Å²) in [5.74, 6) is -1.36. The second kappa shape index (κ2) is 7.03. The number of pyridine rings is 1. The summed E-state index contributed by atoms with van der Waals surface area (Å²) >= 11 is 6.35. The molecule has 1 aliphatic heterocycles. The van der Waals surface area contributed by atoms with Gasteiger partial charge < -0.3 is 11.1 Å². The van der Waals surface area contributed by atoms with Crippen LogP contribution in [0.25, 0.3) is 0 Å². The first-order valence-electron chi connectivity index (χ1n) is 8.68. The van der Waals surface area contributed by atoms with Gasteiger partial charge in [-0.05, 0) is 48.9 Å². The van der Waals surface area contributed by atoms with E-state index in [1.165, 1.54) is 18.3 Å². The standard InChI is InChI=1S/C21H15ClN4O3/c1-11-4-2-5-13-17(11)21(29)26(20(13)28)16-8-7-12(10-14(16)22)25-19(27)18-15(23)6-3-9-24-18/h2-10H,23H2,1H3,(H,25,27). The van der Waals surface area contributed by atoms with Crippen molar-refractivity contribution >= 4 is 46.4 Å². The van der Waals surface area contributed by atoms with E-state index in [4.69, 9.17) is 17.3 Å². The number of nitrogens with two attached hydrogens (primary N) is 1. The molecule has 0 unspecified atom stereocenters. The molecule has 0 saturated carbocycles. The normalized spacial score (nSPS) is 12.8. The van der Waals surface area contributed by atoms with Crippen LogP contribution in [0.3, 0.4) is 0 Å². The maximum absolute atomic E-state index is 12.8. The van der Waals surface area contributed by atoms with Crippen LogP contribution in [0.2, 0.25) is 5.02 Å². The quantitative estimate of drug-likeness (QED) is 0.645. The first kappa shape index (κ1) is 18.6. The Hall–Kier alpha value is -3.71. The van der Waals surface area contributed by atoms with E-state index in [0.29, 0.717) is 16.8 Å². The van der Waals surface area contributed by atoms with Crippen LogP contribution in [0.4, 0.5) is 17.1 Å². The number of fused-ring (bicyclic) bond motifs is 1. The minimum Gasteiger partial charge on any atom is -0.397 e. The van der Waals surface area contributed by atoms with Crippen LogP contribution < -0.4 is 16.0 Å². The number of anilines is 3. The molecule has 1 aliphatic rings. The maximum Gasteiger partial charge on any atom is 0.276 e. The maximum atomic E-state index is 12.8. The van der Waals surface area contributed by atoms with Gasteiger partial charge in [-0.1, -0.05) is 23.7 Å². The van der Waals surface area contributed by atoms with Crippen molar-refractivity contribution in [1.29, 1.82) is 0 Å². The van der Waals surface area contributed by atoms with Gasteiger partial charge in [0.1, 0.15) is 0 Å². The zero-order valence-electron chi connectivity index (χ0n) is 15.3. The number of rotatable bonds is 3. The molecule has 2 aromatic carbocycles. The highest BCUT2D eigenvalue weighted by Gasteiger charge is 2.38. The van der Waals surface area contributed by atoms with Gasteiger partial charge in [0.2, 0.25) is 0 Å². The Morgan fingerprint density at radius 1 is 1.10 bits per heavy atom. The molecule has 0 bridgehead atoms. The third-order valence-electron chi connectivity index (χ3n) is 4.62. The molecule has 0 saturated heterocycles. The molecule has 8 heteroatoms. The van der Waals surface area contributed by atoms with Crippen LogP contribution in [-0.4, -0.2) is 22.7 Å². The molecule has 0 radical (unpaired) electrons. The van der Waals surface area contributed by atoms with E-state index in [1.807, 2.05) is 0 Å². The number of nitrogens with zero attached hydrogens (tertiary/aromatic N) is 2. The highest BCUT2D eigenvalue weighted by atomic mass is 35.5. The van der Waals surface area contributed by atoms with Crippen LogP contribution in [-0.2, 0) is 0 Å². The predicted octanol–water partition coefficient (Wildman–Crippen LogP) is 3.68. The molecule has 3 N–H and O–H groups in total. The number of carbonyl (C=O) groups excluding carboxylic acids is 3. The van der Waals surface area contributed by atoms with Crippen molar-refractivity contribution in [3.05, 3.63) is 82.1 Å². The van der Waals surface area contributed by atoms with E-state index in [1.54, 1.807) is 43.3 Å². The average Bonchev–Trinajstić information content (AvgIpc) is 2.94. The first-order valence-corrected chi connectivity index (χ1v) is 9.06. The summed E-state index contributed by atoms with van der Waals surface area (Å²) in [5.41, 5.74) is 8.15. The third-order valence-corrected chi connectivity index (χ3v) is 4.93. The zero-order chi connectivity index (χ0) is 20.7. The highest BCUT2D eigenvalue weighted by Crippen LogP contribution is 2.35. The van der Waals surface area contributed by atoms with Crippen molar-refractivity contribution in [1.82, 2.24) is 4.98 Å². The van der Waals surface area contributed by atoms with Crippen molar-refractivity contribution in [2.75, 3.05) is 16.0 Å². The van der Waals surface area contributed by atoms with Crippen LogP contribution in [0, 0.1) is 6.92 Å². The Morgan fingerprint density at radius 3 is 2.59 bits per heavy atom. The highest BCUT2D eigenvalue weighted by molar-refractivity contribution is 6.40. The summed E-state index contributed by atoms with van der Waals surface area (Å²) in [5, 5.41) is 2.79. The molecule has 3 aromatic rings. The fourth-order valence-electron chi connectivity index (χ4n) is 3.24. The summed E-state index contributed by atoms with van der Waals surface area (Å²) in [6.07, 6.45) is 1.46. The number of hydrogen-bond donors (Lipinski definition) is 2. The number of hydrogen-bond acceptors (Lipinski definition) is 5. The van der Waals surface area contributed by atoms with Crippen molar-refractivity contribution < 1.29 is 14.4 Å². The molecule has 0 atom stereocenters. The van der Waals surface area contributed by atoms with Crippen LogP contribution in [0.5, 0.6) is 0 Å². The Bertz CT molecular complexity index is 1190. The van der Waals surface area contributed by atoms with Gasteiger partial charge in [0.15, 0.2) is 5.69 Å². The molecule has 2 heterocycles. The van der Waals surface area contributed by atoms with Gasteiger partial charge in [0.25, 0.3) is 17.7 Å². The molecule has 144 valence electrons. The number of amides is 3. The van der Waals surface area contributed by atoms with Gasteiger partial charge >= 0.3 is 0 Å². The number of aromatic nitrogens is 1. The molecular formula is C21H15ClN4O3. The predicted molar refractivity (Wildman–Crippen MR) is 110 cm³/mol. The molecule has 0 fully saturated rings. The van der Waals surface area contributed by atoms with Gasteiger partial charge in [0.05, 0.1) is 27.5 Å². The molecule has 0 aliphatic carbocycles. The third kappa shape index (κ3) is 3.11. The summed E-state index contributed by atoms with van der Waals surface area (Å²) in [7, 11) is 0. The van der Waals surface area contributed by atoms with Gasteiger partial charge in [-0.15, -0.1) is 0 Å². The van der Waals surface area contributed by atoms with Crippen molar-refractivity contribution in [2.24, 2.45) is 0 Å². The molecule has 7 nitrogen and oxygen atoms in total. The average molecular weight is 407 g/mol. The van der Waals surface area contributed by atoms with Crippen molar-refractivity contribution in [3.63, 3.8) is 0 Å². The second-order valence-corrected chi connectivity index (χ2v) is 6.91. The lowest BCUT2D eigenvalue weighted by Crippen LogP contribution is -2.29. The fourth-order valence-corrected chi connectivity index (χ4v) is 3.50. The van der Waals surface area contributed by atoms with E-state index in [0.717, 1.165) is 10.5 Å². The molecule has 1 aromatic heterocycles. The second-order valence-electron chi connectivity index (χ2n) is 6.50. The largest absolute Gasteiger partial charge is 0.397 e. The van der Waals surface area contributed by atoms with Crippen LogP contribution in [0.15, 0.2) is 54.7 Å². The topological polar surface area (TPSA) is 105 Å². The molecule has 0 spiro atoms. The Labute approximate surface area is 171 Å². The Morgan fingerprint density at radius 2 is 1.90 bits per heavy atom. The molecular weight excluding hydrogens is 392 g/mol. The van der Waals surface area contributed by atoms with Crippen molar-refractivity contribution in [3.8, 4) is 0 Å². The number of nitrogens with one attached hydrogen (secondary N) is 1. The number of carbonyl (C=O) groups is 3. The Balaban J connectivity index is 1.63. The summed E-state index contributed by atoms with van der Waals surface area (Å²) < 4.78 is 0. The molecule has 4 rings (SSSR count). The number of halogens is 1. The fraction of sp³-hybridized carbons (Fsp3) is 0.0476. The van der Waals surface area contributed by atoms with E-state index >= 15 is 0 Å². The lowest BCUT2D eigenvalue weighted by atomic mass is 10.0. The van der Waals surface area contributed by atoms with Gasteiger partial charge in [-0.2, -0.15) is 0 Å². The SMILES string of the molecule is Cc1cccc2c1C(=O)N(c1ccc(NC(=O)c3ncccc3N)cc1Cl)C2=O. The van der Waals surface area contributed by atoms with Crippen LogP contribution in [0.1, 0.15) is 36.8 Å². The summed E-state index contributed by atoms with van der Waals surface area (Å²) in [4.78, 5) is 42.9. The van der Waals surface area contributed by atoms with Crippen molar-refractivity contribution in [2.45, 2.75) is 6.92 Å². The van der Waals surface area contributed by atoms with Crippen LogP contribution >= 0.6 is 11.6 Å². The smallest absolute Gasteiger partial charge is 0.276 e. The van der Waals surface area contributed by atoms with E-state index < -0.39 is 17.7 Å².